The molecule has 0 unspecified atom stereocenters. The lowest BCUT2D eigenvalue weighted by atomic mass is 10.0. The van der Waals surface area contributed by atoms with Gasteiger partial charge in [0.2, 0.25) is 5.91 Å². The highest BCUT2D eigenvalue weighted by atomic mass is 19.4. The van der Waals surface area contributed by atoms with Crippen LogP contribution in [0.25, 0.3) is 0 Å². The molecular weight excluding hydrogens is 409 g/mol. The quantitative estimate of drug-likeness (QED) is 0.607. The molecular formula is C20H14F5N3O2. The van der Waals surface area contributed by atoms with E-state index in [4.69, 9.17) is 0 Å². The van der Waals surface area contributed by atoms with Crippen LogP contribution in [-0.2, 0) is 11.2 Å². The van der Waals surface area contributed by atoms with Crippen LogP contribution in [0.15, 0.2) is 61.1 Å². The fourth-order valence-corrected chi connectivity index (χ4v) is 2.72. The summed E-state index contributed by atoms with van der Waals surface area (Å²) in [7, 11) is 0. The van der Waals surface area contributed by atoms with Gasteiger partial charge in [-0.1, -0.05) is 12.1 Å². The van der Waals surface area contributed by atoms with Crippen LogP contribution in [0, 0.1) is 11.6 Å². The summed E-state index contributed by atoms with van der Waals surface area (Å²) in [5.41, 5.74) is 0.343. The Labute approximate surface area is 167 Å². The second-order valence-corrected chi connectivity index (χ2v) is 6.15. The van der Waals surface area contributed by atoms with Gasteiger partial charge in [0.25, 0.3) is 0 Å². The van der Waals surface area contributed by atoms with Crippen molar-refractivity contribution in [3.05, 3.63) is 89.5 Å². The van der Waals surface area contributed by atoms with Gasteiger partial charge in [-0.15, -0.1) is 13.2 Å². The molecule has 3 aromatic rings. The number of carbonyl (C=O) groups is 1. The number of rotatable bonds is 6. The van der Waals surface area contributed by atoms with Crippen LogP contribution >= 0.6 is 0 Å². The number of hydrogen-bond donors (Lipinski definition) is 1. The lowest BCUT2D eigenvalue weighted by Crippen LogP contribution is -2.32. The Balaban J connectivity index is 1.91. The fourth-order valence-electron chi connectivity index (χ4n) is 2.72. The van der Waals surface area contributed by atoms with E-state index >= 15 is 0 Å². The molecule has 156 valence electrons. The molecule has 0 saturated carbocycles. The van der Waals surface area contributed by atoms with Crippen LogP contribution in [0.4, 0.5) is 22.0 Å². The zero-order valence-electron chi connectivity index (χ0n) is 15.2. The van der Waals surface area contributed by atoms with Crippen molar-refractivity contribution >= 4 is 5.91 Å². The molecule has 0 fully saturated rings. The monoisotopic (exact) mass is 423 g/mol. The molecule has 1 amide bonds. The summed E-state index contributed by atoms with van der Waals surface area (Å²) in [5.74, 6) is -3.70. The van der Waals surface area contributed by atoms with Gasteiger partial charge >= 0.3 is 6.36 Å². The number of carbonyl (C=O) groups excluding carboxylic acids is 1. The minimum absolute atomic E-state index is 0.0147. The largest absolute Gasteiger partial charge is 0.573 e. The van der Waals surface area contributed by atoms with Gasteiger partial charge in [-0.3, -0.25) is 14.8 Å². The first-order valence-electron chi connectivity index (χ1n) is 8.57. The maximum Gasteiger partial charge on any atom is 0.573 e. The number of nitrogens with one attached hydrogen (secondary N) is 1. The molecule has 0 aliphatic rings. The zero-order valence-corrected chi connectivity index (χ0v) is 15.2. The first-order valence-corrected chi connectivity index (χ1v) is 8.57. The third kappa shape index (κ3) is 5.49. The van der Waals surface area contributed by atoms with Crippen molar-refractivity contribution < 1.29 is 31.5 Å². The van der Waals surface area contributed by atoms with Gasteiger partial charge in [-0.25, -0.2) is 8.78 Å². The van der Waals surface area contributed by atoms with E-state index in [1.165, 1.54) is 24.7 Å². The molecule has 1 atom stereocenters. The van der Waals surface area contributed by atoms with Crippen molar-refractivity contribution in [2.24, 2.45) is 0 Å². The summed E-state index contributed by atoms with van der Waals surface area (Å²) >= 11 is 0. The van der Waals surface area contributed by atoms with Crippen LogP contribution in [0.1, 0.15) is 22.9 Å². The minimum Gasteiger partial charge on any atom is -0.403 e. The number of hydrogen-bond acceptors (Lipinski definition) is 4. The first kappa shape index (κ1) is 21.2. The molecule has 0 bridgehead atoms. The third-order valence-corrected chi connectivity index (χ3v) is 3.97. The Kier molecular flexibility index (Phi) is 6.24. The molecule has 3 rings (SSSR count). The Morgan fingerprint density at radius 3 is 2.47 bits per heavy atom. The van der Waals surface area contributed by atoms with Crippen molar-refractivity contribution in [1.82, 2.24) is 15.3 Å². The Morgan fingerprint density at radius 1 is 1.07 bits per heavy atom. The normalized spacial score (nSPS) is 12.3. The first-order chi connectivity index (χ1) is 14.2. The van der Waals surface area contributed by atoms with Gasteiger partial charge in [0.1, 0.15) is 11.5 Å². The molecule has 2 heterocycles. The topological polar surface area (TPSA) is 64.1 Å². The van der Waals surface area contributed by atoms with Crippen LogP contribution in [0.3, 0.4) is 0 Å². The Morgan fingerprint density at radius 2 is 1.83 bits per heavy atom. The lowest BCUT2D eigenvalue weighted by Gasteiger charge is -2.20. The highest BCUT2D eigenvalue weighted by Gasteiger charge is 2.33. The minimum atomic E-state index is -5.08. The molecule has 0 spiro atoms. The molecule has 1 N–H and O–H groups in total. The molecule has 1 aromatic carbocycles. The molecule has 0 aliphatic carbocycles. The van der Waals surface area contributed by atoms with Crippen LogP contribution in [-0.4, -0.2) is 22.2 Å². The average Bonchev–Trinajstić information content (AvgIpc) is 2.68. The molecule has 0 saturated heterocycles. The van der Waals surface area contributed by atoms with E-state index in [1.807, 2.05) is 0 Å². The van der Waals surface area contributed by atoms with Crippen molar-refractivity contribution in [2.45, 2.75) is 18.8 Å². The van der Waals surface area contributed by atoms with E-state index in [2.05, 4.69) is 20.0 Å². The maximum absolute atomic E-state index is 14.3. The van der Waals surface area contributed by atoms with E-state index < -0.39 is 35.7 Å². The highest BCUT2D eigenvalue weighted by molar-refractivity contribution is 5.79. The van der Waals surface area contributed by atoms with Crippen molar-refractivity contribution in [2.75, 3.05) is 0 Å². The zero-order chi connectivity index (χ0) is 21.7. The lowest BCUT2D eigenvalue weighted by molar-refractivity contribution is -0.275. The van der Waals surface area contributed by atoms with E-state index in [0.717, 1.165) is 24.3 Å². The SMILES string of the molecule is O=C(Cc1cccnc1)N[C@@H](c1ccc(OC(F)(F)F)c(F)c1)c1ncccc1F. The molecule has 30 heavy (non-hydrogen) atoms. The van der Waals surface area contributed by atoms with E-state index in [9.17, 15) is 26.7 Å². The summed E-state index contributed by atoms with van der Waals surface area (Å²) in [6.45, 7) is 0. The van der Waals surface area contributed by atoms with Gasteiger partial charge in [0.15, 0.2) is 11.6 Å². The molecule has 5 nitrogen and oxygen atoms in total. The number of benzene rings is 1. The predicted octanol–water partition coefficient (Wildman–Crippen LogP) is 4.10. The van der Waals surface area contributed by atoms with E-state index in [1.54, 1.807) is 12.1 Å². The van der Waals surface area contributed by atoms with Crippen LogP contribution < -0.4 is 10.1 Å². The second kappa shape index (κ2) is 8.85. The summed E-state index contributed by atoms with van der Waals surface area (Å²) in [6, 6.07) is 7.04. The summed E-state index contributed by atoms with van der Waals surface area (Å²) < 4.78 is 69.2. The predicted molar refractivity (Wildman–Crippen MR) is 95.2 cm³/mol. The van der Waals surface area contributed by atoms with Crippen molar-refractivity contribution in [1.29, 1.82) is 0 Å². The van der Waals surface area contributed by atoms with Crippen molar-refractivity contribution in [3.63, 3.8) is 0 Å². The summed E-state index contributed by atoms with van der Waals surface area (Å²) in [4.78, 5) is 20.2. The standard InChI is InChI=1S/C20H14F5N3O2/c21-14-4-2-8-27-19(14)18(28-17(29)9-12-3-1-7-26-11-12)13-5-6-16(15(22)10-13)30-20(23,24)25/h1-8,10-11,18H,9H2,(H,28,29)/t18-/m0/s1. The van der Waals surface area contributed by atoms with E-state index in [0.29, 0.717) is 5.56 Å². The average molecular weight is 423 g/mol. The van der Waals surface area contributed by atoms with Gasteiger partial charge in [0, 0.05) is 18.6 Å². The highest BCUT2D eigenvalue weighted by Crippen LogP contribution is 2.30. The molecule has 0 aliphatic heterocycles. The van der Waals surface area contributed by atoms with Crippen LogP contribution in [0.5, 0.6) is 5.75 Å². The third-order valence-electron chi connectivity index (χ3n) is 3.97. The number of nitrogens with zero attached hydrogens (tertiary/aromatic N) is 2. The Hall–Kier alpha value is -3.56. The number of aromatic nitrogens is 2. The Bertz CT molecular complexity index is 1030. The summed E-state index contributed by atoms with van der Waals surface area (Å²) in [6.07, 6.45) is -0.904. The molecule has 0 radical (unpaired) electrons. The van der Waals surface area contributed by atoms with E-state index in [-0.39, 0.29) is 17.7 Å². The molecule has 2 aromatic heterocycles. The maximum atomic E-state index is 14.3. The number of pyridine rings is 2. The van der Waals surface area contributed by atoms with Gasteiger partial charge in [-0.05, 0) is 41.5 Å². The number of alkyl halides is 3. The molecule has 10 heteroatoms. The number of ether oxygens (including phenoxy) is 1. The van der Waals surface area contributed by atoms with Crippen LogP contribution in [0.2, 0.25) is 0 Å². The number of amides is 1. The van der Waals surface area contributed by atoms with Gasteiger partial charge in [-0.2, -0.15) is 0 Å². The van der Waals surface area contributed by atoms with Gasteiger partial charge in [0.05, 0.1) is 12.5 Å². The van der Waals surface area contributed by atoms with Crippen molar-refractivity contribution in [3.8, 4) is 5.75 Å². The second-order valence-electron chi connectivity index (χ2n) is 6.15. The van der Waals surface area contributed by atoms with Gasteiger partial charge < -0.3 is 10.1 Å². The summed E-state index contributed by atoms with van der Waals surface area (Å²) in [5, 5.41) is 2.53. The smallest absolute Gasteiger partial charge is 0.403 e. The fraction of sp³-hybridized carbons (Fsp3) is 0.150. The number of halogens is 5.